The van der Waals surface area contributed by atoms with Crippen molar-refractivity contribution in [3.63, 3.8) is 0 Å². The molecule has 8 nitrogen and oxygen atoms in total. The van der Waals surface area contributed by atoms with E-state index in [1.54, 1.807) is 18.6 Å². The van der Waals surface area contributed by atoms with Crippen LogP contribution in [-0.4, -0.2) is 69.6 Å². The van der Waals surface area contributed by atoms with Gasteiger partial charge in [0.05, 0.1) is 28.2 Å². The number of rotatable bonds is 9. The first-order valence-electron chi connectivity index (χ1n) is 13.2. The monoisotopic (exact) mass is 497 g/mol. The average molecular weight is 498 g/mol. The smallest absolute Gasteiger partial charge is 0.253 e. The second kappa shape index (κ2) is 11.5. The first-order chi connectivity index (χ1) is 18.2. The van der Waals surface area contributed by atoms with E-state index in [0.29, 0.717) is 6.54 Å². The number of pyridine rings is 1. The van der Waals surface area contributed by atoms with Crippen LogP contribution in [0.25, 0.3) is 22.4 Å². The molecule has 0 saturated carbocycles. The highest BCUT2D eigenvalue weighted by Gasteiger charge is 2.20. The minimum Gasteiger partial charge on any atom is -0.367 e. The molecule has 0 atom stereocenters. The molecule has 4 aromatic rings. The molecule has 4 heterocycles. The largest absolute Gasteiger partial charge is 0.367 e. The summed E-state index contributed by atoms with van der Waals surface area (Å²) in [5.74, 6) is -0.00795. The van der Waals surface area contributed by atoms with E-state index >= 15 is 0 Å². The summed E-state index contributed by atoms with van der Waals surface area (Å²) in [6, 6.07) is 14.1. The van der Waals surface area contributed by atoms with Crippen LogP contribution in [0.4, 0.5) is 5.69 Å². The van der Waals surface area contributed by atoms with Crippen LogP contribution in [0, 0.1) is 6.92 Å². The van der Waals surface area contributed by atoms with Gasteiger partial charge in [-0.1, -0.05) is 19.1 Å². The molecule has 192 valence electrons. The highest BCUT2D eigenvalue weighted by molar-refractivity contribution is 5.96. The maximum absolute atomic E-state index is 13.0. The lowest BCUT2D eigenvalue weighted by molar-refractivity contribution is 0.0950. The van der Waals surface area contributed by atoms with Gasteiger partial charge in [-0.2, -0.15) is 0 Å². The van der Waals surface area contributed by atoms with Crippen LogP contribution in [0.1, 0.15) is 35.8 Å². The summed E-state index contributed by atoms with van der Waals surface area (Å²) in [6.07, 6.45) is 7.22. The summed E-state index contributed by atoms with van der Waals surface area (Å²) in [7, 11) is 0. The van der Waals surface area contributed by atoms with Crippen molar-refractivity contribution in [3.05, 3.63) is 72.3 Å². The number of hydrogen-bond donors (Lipinski definition) is 1. The zero-order valence-corrected chi connectivity index (χ0v) is 21.7. The fourth-order valence-corrected chi connectivity index (χ4v) is 5.16. The topological polar surface area (TPSA) is 79.2 Å². The fraction of sp³-hybridized carbons (Fsp3) is 0.379. The van der Waals surface area contributed by atoms with Gasteiger partial charge in [-0.15, -0.1) is 0 Å². The van der Waals surface area contributed by atoms with E-state index in [4.69, 9.17) is 0 Å². The zero-order valence-electron chi connectivity index (χ0n) is 21.7. The zero-order chi connectivity index (χ0) is 25.6. The fourth-order valence-electron chi connectivity index (χ4n) is 5.16. The average Bonchev–Trinajstić information content (AvgIpc) is 3.27. The molecule has 0 radical (unpaired) electrons. The normalized spacial score (nSPS) is 14.3. The number of amides is 1. The molecule has 1 aromatic carbocycles. The Labute approximate surface area is 218 Å². The summed E-state index contributed by atoms with van der Waals surface area (Å²) in [5.41, 5.74) is 6.69. The Hall–Kier alpha value is -3.78. The molecule has 1 amide bonds. The minimum atomic E-state index is -0.00795. The van der Waals surface area contributed by atoms with E-state index in [-0.39, 0.29) is 5.91 Å². The van der Waals surface area contributed by atoms with Crippen molar-refractivity contribution in [2.75, 3.05) is 44.2 Å². The standard InChI is InChI=1S/C29H35N7O/c1-3-15-36-22(2)23(21-27(36)24-8-4-5-11-30-24)29(37)33-12-7-16-34-17-19-35(20-18-34)26-10-6-9-25-28(26)32-14-13-31-25/h4-6,8-11,13-14,21H,3,7,12,15-20H2,1-2H3,(H,33,37). The lowest BCUT2D eigenvalue weighted by Gasteiger charge is -2.36. The molecule has 1 aliphatic heterocycles. The maximum Gasteiger partial charge on any atom is 0.253 e. The van der Waals surface area contributed by atoms with E-state index in [2.05, 4.69) is 53.7 Å². The number of hydrogen-bond acceptors (Lipinski definition) is 6. The van der Waals surface area contributed by atoms with Gasteiger partial charge in [-0.05, 0) is 56.6 Å². The van der Waals surface area contributed by atoms with Crippen molar-refractivity contribution in [3.8, 4) is 11.4 Å². The third kappa shape index (κ3) is 5.49. The van der Waals surface area contributed by atoms with E-state index in [1.165, 1.54) is 0 Å². The molecule has 1 fully saturated rings. The van der Waals surface area contributed by atoms with Gasteiger partial charge in [0.2, 0.25) is 0 Å². The third-order valence-electron chi connectivity index (χ3n) is 7.11. The van der Waals surface area contributed by atoms with Gasteiger partial charge in [-0.3, -0.25) is 24.6 Å². The van der Waals surface area contributed by atoms with Gasteiger partial charge in [0.25, 0.3) is 5.91 Å². The van der Waals surface area contributed by atoms with Gasteiger partial charge < -0.3 is 14.8 Å². The molecular weight excluding hydrogens is 462 g/mol. The summed E-state index contributed by atoms with van der Waals surface area (Å²) < 4.78 is 2.21. The highest BCUT2D eigenvalue weighted by atomic mass is 16.1. The molecule has 5 rings (SSSR count). The van der Waals surface area contributed by atoms with Crippen molar-refractivity contribution in [1.29, 1.82) is 0 Å². The molecule has 8 heteroatoms. The number of carbonyl (C=O) groups is 1. The van der Waals surface area contributed by atoms with Crippen LogP contribution in [-0.2, 0) is 6.54 Å². The predicted molar refractivity (Wildman–Crippen MR) is 148 cm³/mol. The van der Waals surface area contributed by atoms with E-state index in [1.807, 2.05) is 37.3 Å². The van der Waals surface area contributed by atoms with Crippen LogP contribution in [0.3, 0.4) is 0 Å². The minimum absolute atomic E-state index is 0.00795. The van der Waals surface area contributed by atoms with Crippen molar-refractivity contribution < 1.29 is 4.79 Å². The van der Waals surface area contributed by atoms with Crippen LogP contribution in [0.15, 0.2) is 61.1 Å². The van der Waals surface area contributed by atoms with Crippen molar-refractivity contribution in [2.45, 2.75) is 33.2 Å². The van der Waals surface area contributed by atoms with E-state index in [0.717, 1.165) is 91.5 Å². The number of nitrogens with one attached hydrogen (secondary N) is 1. The first-order valence-corrected chi connectivity index (χ1v) is 13.2. The van der Waals surface area contributed by atoms with Gasteiger partial charge in [0, 0.05) is 63.6 Å². The summed E-state index contributed by atoms with van der Waals surface area (Å²) >= 11 is 0. The number of aromatic nitrogens is 4. The second-order valence-corrected chi connectivity index (χ2v) is 9.53. The van der Waals surface area contributed by atoms with E-state index in [9.17, 15) is 4.79 Å². The van der Waals surface area contributed by atoms with Crippen molar-refractivity contribution >= 4 is 22.6 Å². The first kappa shape index (κ1) is 24.9. The third-order valence-corrected chi connectivity index (χ3v) is 7.11. The molecule has 0 unspecified atom stereocenters. The van der Waals surface area contributed by atoms with E-state index < -0.39 is 0 Å². The molecular formula is C29H35N7O. The Morgan fingerprint density at radius 1 is 0.946 bits per heavy atom. The molecule has 0 bridgehead atoms. The highest BCUT2D eigenvalue weighted by Crippen LogP contribution is 2.26. The Kier molecular flexibility index (Phi) is 7.75. The van der Waals surface area contributed by atoms with Crippen LogP contribution < -0.4 is 10.2 Å². The number of benzene rings is 1. The Bertz CT molecular complexity index is 1340. The number of para-hydroxylation sites is 1. The van der Waals surface area contributed by atoms with Gasteiger partial charge in [0.1, 0.15) is 5.52 Å². The van der Waals surface area contributed by atoms with Gasteiger partial charge in [-0.25, -0.2) is 0 Å². The van der Waals surface area contributed by atoms with Crippen LogP contribution in [0.5, 0.6) is 0 Å². The Morgan fingerprint density at radius 2 is 1.78 bits per heavy atom. The van der Waals surface area contributed by atoms with Crippen LogP contribution >= 0.6 is 0 Å². The number of fused-ring (bicyclic) bond motifs is 1. The van der Waals surface area contributed by atoms with Gasteiger partial charge >= 0.3 is 0 Å². The summed E-state index contributed by atoms with van der Waals surface area (Å²) in [4.78, 5) is 31.4. The van der Waals surface area contributed by atoms with Crippen molar-refractivity contribution in [2.24, 2.45) is 0 Å². The van der Waals surface area contributed by atoms with Crippen LogP contribution in [0.2, 0.25) is 0 Å². The molecule has 0 spiro atoms. The number of nitrogens with zero attached hydrogens (tertiary/aromatic N) is 6. The molecule has 37 heavy (non-hydrogen) atoms. The van der Waals surface area contributed by atoms with Gasteiger partial charge in [0.15, 0.2) is 0 Å². The molecule has 1 saturated heterocycles. The number of piperazine rings is 1. The van der Waals surface area contributed by atoms with Crippen molar-refractivity contribution in [1.82, 2.24) is 29.7 Å². The molecule has 3 aromatic heterocycles. The summed E-state index contributed by atoms with van der Waals surface area (Å²) in [5, 5.41) is 3.14. The SMILES string of the molecule is CCCn1c(-c2ccccn2)cc(C(=O)NCCCN2CCN(c3cccc4nccnc34)CC2)c1C. The Morgan fingerprint density at radius 3 is 2.57 bits per heavy atom. The predicted octanol–water partition coefficient (Wildman–Crippen LogP) is 4.15. The maximum atomic E-state index is 13.0. The number of carbonyl (C=O) groups excluding carboxylic acids is 1. The second-order valence-electron chi connectivity index (χ2n) is 9.53. The molecule has 1 aliphatic rings. The molecule has 1 N–H and O–H groups in total. The lowest BCUT2D eigenvalue weighted by Crippen LogP contribution is -2.47. The Balaban J connectivity index is 1.12. The number of anilines is 1. The lowest BCUT2D eigenvalue weighted by atomic mass is 10.2. The summed E-state index contributed by atoms with van der Waals surface area (Å²) in [6.45, 7) is 10.6. The molecule has 0 aliphatic carbocycles. The quantitative estimate of drug-likeness (QED) is 0.350.